The van der Waals surface area contributed by atoms with Gasteiger partial charge in [0.15, 0.2) is 5.69 Å². The Morgan fingerprint density at radius 3 is 2.76 bits per heavy atom. The fourth-order valence-electron chi connectivity index (χ4n) is 4.31. The van der Waals surface area contributed by atoms with Crippen molar-refractivity contribution in [1.82, 2.24) is 35.4 Å². The molecule has 34 heavy (non-hydrogen) atoms. The van der Waals surface area contributed by atoms with E-state index in [9.17, 15) is 19.2 Å². The molecule has 2 aliphatic rings. The number of amides is 4. The Labute approximate surface area is 197 Å². The number of fused-ring (bicyclic) bond motifs is 1. The molecule has 4 rings (SSSR count). The van der Waals surface area contributed by atoms with E-state index in [2.05, 4.69) is 39.7 Å². The van der Waals surface area contributed by atoms with Crippen molar-refractivity contribution in [3.05, 3.63) is 41.2 Å². The Kier molecular flexibility index (Phi) is 7.01. The van der Waals surface area contributed by atoms with Crippen LogP contribution in [0.25, 0.3) is 5.69 Å². The average Bonchev–Trinajstić information content (AvgIpc) is 3.44. The first-order valence-corrected chi connectivity index (χ1v) is 11.6. The molecule has 1 aromatic heterocycles. The Morgan fingerprint density at radius 1 is 1.24 bits per heavy atom. The summed E-state index contributed by atoms with van der Waals surface area (Å²) in [5.74, 6) is -1.33. The molecule has 180 valence electrons. The molecule has 11 nitrogen and oxygen atoms in total. The van der Waals surface area contributed by atoms with Gasteiger partial charge >= 0.3 is 0 Å². The van der Waals surface area contributed by atoms with Crippen molar-refractivity contribution in [3.8, 4) is 5.69 Å². The van der Waals surface area contributed by atoms with Gasteiger partial charge in [-0.25, -0.2) is 4.68 Å². The highest BCUT2D eigenvalue weighted by Crippen LogP contribution is 2.29. The zero-order valence-corrected chi connectivity index (χ0v) is 19.4. The Balaban J connectivity index is 1.39. The van der Waals surface area contributed by atoms with Gasteiger partial charge in [0.05, 0.1) is 11.9 Å². The van der Waals surface area contributed by atoms with E-state index in [1.54, 1.807) is 12.1 Å². The second-order valence-corrected chi connectivity index (χ2v) is 8.43. The largest absolute Gasteiger partial charge is 0.351 e. The number of nitrogens with zero attached hydrogens (tertiary/aromatic N) is 5. The van der Waals surface area contributed by atoms with Crippen LogP contribution >= 0.6 is 0 Å². The minimum atomic E-state index is -0.663. The van der Waals surface area contributed by atoms with E-state index in [1.165, 1.54) is 15.8 Å². The van der Waals surface area contributed by atoms with E-state index in [0.717, 1.165) is 31.6 Å². The predicted molar refractivity (Wildman–Crippen MR) is 122 cm³/mol. The topological polar surface area (TPSA) is 130 Å². The van der Waals surface area contributed by atoms with Gasteiger partial charge in [0.1, 0.15) is 6.04 Å². The van der Waals surface area contributed by atoms with E-state index in [0.29, 0.717) is 30.8 Å². The van der Waals surface area contributed by atoms with Crippen LogP contribution in [0, 0.1) is 0 Å². The molecule has 0 spiro atoms. The number of carbonyl (C=O) groups excluding carboxylic acids is 4. The standard InChI is InChI=1S/C23H29N7O4/c1-3-28(4-2)11-5-10-24-21(32)18-14-30(27-26-18)16-7-6-15-13-29(23(34)17(15)12-16)19-8-9-20(31)25-22(19)33/h6-7,12,14,19H,3-5,8-11,13H2,1-2H3,(H,24,32)(H,25,31,33). The lowest BCUT2D eigenvalue weighted by Gasteiger charge is -2.29. The van der Waals surface area contributed by atoms with Crippen molar-refractivity contribution >= 4 is 23.6 Å². The van der Waals surface area contributed by atoms with E-state index in [1.807, 2.05) is 6.07 Å². The molecule has 2 N–H and O–H groups in total. The lowest BCUT2D eigenvalue weighted by atomic mass is 10.0. The van der Waals surface area contributed by atoms with E-state index < -0.39 is 11.9 Å². The van der Waals surface area contributed by atoms with Crippen LogP contribution in [-0.2, 0) is 16.1 Å². The molecule has 2 aromatic rings. The number of imide groups is 1. The molecule has 4 amide bonds. The number of rotatable bonds is 9. The third-order valence-corrected chi connectivity index (χ3v) is 6.33. The van der Waals surface area contributed by atoms with Gasteiger partial charge in [-0.2, -0.15) is 0 Å². The van der Waals surface area contributed by atoms with Crippen LogP contribution in [0.4, 0.5) is 0 Å². The summed E-state index contributed by atoms with van der Waals surface area (Å²) >= 11 is 0. The molecule has 1 saturated heterocycles. The SMILES string of the molecule is CCN(CC)CCCNC(=O)c1cn(-c2ccc3c(c2)C(=O)N(C2CCC(=O)NC2=O)C3)nn1. The Bertz CT molecular complexity index is 1110. The van der Waals surface area contributed by atoms with Crippen molar-refractivity contribution in [1.29, 1.82) is 0 Å². The van der Waals surface area contributed by atoms with Crippen LogP contribution in [0.5, 0.6) is 0 Å². The fourth-order valence-corrected chi connectivity index (χ4v) is 4.31. The van der Waals surface area contributed by atoms with Crippen LogP contribution in [0.3, 0.4) is 0 Å². The first kappa shape index (κ1) is 23.6. The van der Waals surface area contributed by atoms with Crippen LogP contribution < -0.4 is 10.6 Å². The minimum absolute atomic E-state index is 0.194. The highest BCUT2D eigenvalue weighted by molar-refractivity contribution is 6.05. The average molecular weight is 468 g/mol. The normalized spacial score (nSPS) is 17.8. The van der Waals surface area contributed by atoms with Gasteiger partial charge < -0.3 is 15.1 Å². The Hall–Kier alpha value is -3.60. The van der Waals surface area contributed by atoms with Crippen molar-refractivity contribution in [3.63, 3.8) is 0 Å². The second kappa shape index (κ2) is 10.1. The molecule has 3 heterocycles. The summed E-state index contributed by atoms with van der Waals surface area (Å²) in [6.45, 7) is 7.95. The monoisotopic (exact) mass is 467 g/mol. The van der Waals surface area contributed by atoms with Gasteiger partial charge in [-0.1, -0.05) is 25.1 Å². The maximum Gasteiger partial charge on any atom is 0.273 e. The summed E-state index contributed by atoms with van der Waals surface area (Å²) in [5.41, 5.74) is 2.05. The maximum absolute atomic E-state index is 13.0. The third-order valence-electron chi connectivity index (χ3n) is 6.33. The fraction of sp³-hybridized carbons (Fsp3) is 0.478. The van der Waals surface area contributed by atoms with Crippen molar-refractivity contribution in [2.45, 2.75) is 45.7 Å². The molecular formula is C23H29N7O4. The summed E-state index contributed by atoms with van der Waals surface area (Å²) in [7, 11) is 0. The molecule has 1 aromatic carbocycles. The van der Waals surface area contributed by atoms with E-state index >= 15 is 0 Å². The lowest BCUT2D eigenvalue weighted by Crippen LogP contribution is -2.52. The zero-order valence-electron chi connectivity index (χ0n) is 19.4. The first-order valence-electron chi connectivity index (χ1n) is 11.6. The van der Waals surface area contributed by atoms with Crippen molar-refractivity contribution < 1.29 is 19.2 Å². The molecule has 1 unspecified atom stereocenters. The number of nitrogens with one attached hydrogen (secondary N) is 2. The number of hydrogen-bond donors (Lipinski definition) is 2. The molecular weight excluding hydrogens is 438 g/mol. The molecule has 0 saturated carbocycles. The molecule has 0 bridgehead atoms. The van der Waals surface area contributed by atoms with Crippen LogP contribution in [-0.4, -0.2) is 80.6 Å². The molecule has 0 aliphatic carbocycles. The third kappa shape index (κ3) is 4.84. The number of carbonyl (C=O) groups is 4. The molecule has 0 radical (unpaired) electrons. The van der Waals surface area contributed by atoms with Crippen molar-refractivity contribution in [2.24, 2.45) is 0 Å². The maximum atomic E-state index is 13.0. The first-order chi connectivity index (χ1) is 16.4. The molecule has 2 aliphatic heterocycles. The molecule has 1 atom stereocenters. The lowest BCUT2D eigenvalue weighted by molar-refractivity contribution is -0.136. The number of hydrogen-bond acceptors (Lipinski definition) is 7. The van der Waals surface area contributed by atoms with Gasteiger partial charge in [-0.15, -0.1) is 5.10 Å². The van der Waals surface area contributed by atoms with Crippen molar-refractivity contribution in [2.75, 3.05) is 26.2 Å². The quantitative estimate of drug-likeness (QED) is 0.406. The molecule has 1 fully saturated rings. The second-order valence-electron chi connectivity index (χ2n) is 8.43. The summed E-state index contributed by atoms with van der Waals surface area (Å²) < 4.78 is 1.45. The van der Waals surface area contributed by atoms with Crippen LogP contribution in [0.2, 0.25) is 0 Å². The Morgan fingerprint density at radius 2 is 2.03 bits per heavy atom. The minimum Gasteiger partial charge on any atom is -0.351 e. The van der Waals surface area contributed by atoms with Gasteiger partial charge in [0, 0.05) is 25.1 Å². The van der Waals surface area contributed by atoms with Crippen LogP contribution in [0.1, 0.15) is 59.5 Å². The van der Waals surface area contributed by atoms with Gasteiger partial charge in [-0.05, 0) is 50.2 Å². The summed E-state index contributed by atoms with van der Waals surface area (Å²) in [4.78, 5) is 52.9. The summed E-state index contributed by atoms with van der Waals surface area (Å²) in [6.07, 6.45) is 2.89. The molecule has 11 heteroatoms. The summed E-state index contributed by atoms with van der Waals surface area (Å²) in [6, 6.07) is 4.62. The highest BCUT2D eigenvalue weighted by atomic mass is 16.2. The number of benzene rings is 1. The predicted octanol–water partition coefficient (Wildman–Crippen LogP) is 0.490. The highest BCUT2D eigenvalue weighted by Gasteiger charge is 2.39. The summed E-state index contributed by atoms with van der Waals surface area (Å²) in [5, 5.41) is 13.2. The van der Waals surface area contributed by atoms with Gasteiger partial charge in [0.25, 0.3) is 11.8 Å². The van der Waals surface area contributed by atoms with E-state index in [4.69, 9.17) is 0 Å². The van der Waals surface area contributed by atoms with Gasteiger partial charge in [-0.3, -0.25) is 24.5 Å². The zero-order chi connectivity index (χ0) is 24.2. The van der Waals surface area contributed by atoms with E-state index in [-0.39, 0.29) is 29.8 Å². The van der Waals surface area contributed by atoms with Gasteiger partial charge in [0.2, 0.25) is 11.8 Å². The smallest absolute Gasteiger partial charge is 0.273 e. The van der Waals surface area contributed by atoms with Crippen LogP contribution in [0.15, 0.2) is 24.4 Å². The number of piperidine rings is 1. The number of aromatic nitrogens is 3.